The van der Waals surface area contributed by atoms with Gasteiger partial charge >= 0.3 is 6.18 Å². The maximum atomic E-state index is 12.4. The number of rotatable bonds is 2. The van der Waals surface area contributed by atoms with E-state index in [1.165, 1.54) is 6.07 Å². The first-order valence-electron chi connectivity index (χ1n) is 6.64. The summed E-state index contributed by atoms with van der Waals surface area (Å²) in [4.78, 5) is 3.80. The van der Waals surface area contributed by atoms with E-state index < -0.39 is 11.7 Å². The largest absolute Gasteiger partial charge is 0.417 e. The number of nitrogens with two attached hydrogens (primary N) is 1. The van der Waals surface area contributed by atoms with Gasteiger partial charge in [-0.3, -0.25) is 0 Å². The van der Waals surface area contributed by atoms with Crippen molar-refractivity contribution in [3.8, 4) is 0 Å². The Balaban J connectivity index is 1.66. The van der Waals surface area contributed by atoms with Gasteiger partial charge in [0, 0.05) is 24.8 Å². The normalized spacial score (nSPS) is 33.2. The van der Waals surface area contributed by atoms with Crippen molar-refractivity contribution in [3.05, 3.63) is 23.9 Å². The molecule has 2 fully saturated rings. The van der Waals surface area contributed by atoms with Crippen LogP contribution in [0.1, 0.15) is 18.4 Å². The number of nitrogens with one attached hydrogen (secondary N) is 1. The highest BCUT2D eigenvalue weighted by Gasteiger charge is 2.50. The van der Waals surface area contributed by atoms with Crippen molar-refractivity contribution < 1.29 is 17.9 Å². The fraction of sp³-hybridized carbons (Fsp3) is 0.615. The summed E-state index contributed by atoms with van der Waals surface area (Å²) in [6.45, 7) is 0.715. The van der Waals surface area contributed by atoms with Crippen LogP contribution in [0, 0.1) is 5.92 Å². The molecule has 4 atom stereocenters. The SMILES string of the molecule is NC1C2CCCOC2C1Nc1ccc(C(F)(F)F)cn1. The van der Waals surface area contributed by atoms with E-state index in [1.807, 2.05) is 0 Å². The van der Waals surface area contributed by atoms with Gasteiger partial charge in [-0.2, -0.15) is 13.2 Å². The number of alkyl halides is 3. The van der Waals surface area contributed by atoms with Crippen LogP contribution in [0.3, 0.4) is 0 Å². The number of anilines is 1. The van der Waals surface area contributed by atoms with E-state index in [4.69, 9.17) is 10.5 Å². The first-order chi connectivity index (χ1) is 9.47. The van der Waals surface area contributed by atoms with E-state index >= 15 is 0 Å². The zero-order chi connectivity index (χ0) is 14.3. The number of hydrogen-bond donors (Lipinski definition) is 2. The predicted molar refractivity (Wildman–Crippen MR) is 67.1 cm³/mol. The minimum absolute atomic E-state index is 0.0376. The summed E-state index contributed by atoms with van der Waals surface area (Å²) < 4.78 is 43.0. The number of pyridine rings is 1. The van der Waals surface area contributed by atoms with Gasteiger partial charge in [0.15, 0.2) is 0 Å². The van der Waals surface area contributed by atoms with Crippen LogP contribution in [-0.2, 0) is 10.9 Å². The number of halogens is 3. The molecule has 1 aromatic rings. The molecular weight excluding hydrogens is 271 g/mol. The molecule has 0 aromatic carbocycles. The minimum atomic E-state index is -4.37. The van der Waals surface area contributed by atoms with Gasteiger partial charge in [0.1, 0.15) is 5.82 Å². The molecule has 1 aromatic heterocycles. The van der Waals surface area contributed by atoms with Crippen molar-refractivity contribution >= 4 is 5.82 Å². The Labute approximate surface area is 114 Å². The number of aromatic nitrogens is 1. The zero-order valence-corrected chi connectivity index (χ0v) is 10.7. The van der Waals surface area contributed by atoms with Crippen molar-refractivity contribution in [3.63, 3.8) is 0 Å². The fourth-order valence-electron chi connectivity index (χ4n) is 2.94. The third-order valence-electron chi connectivity index (χ3n) is 4.08. The molecule has 4 nitrogen and oxygen atoms in total. The molecule has 20 heavy (non-hydrogen) atoms. The van der Waals surface area contributed by atoms with Crippen LogP contribution in [0.25, 0.3) is 0 Å². The van der Waals surface area contributed by atoms with Crippen LogP contribution >= 0.6 is 0 Å². The van der Waals surface area contributed by atoms with Crippen LogP contribution in [-0.4, -0.2) is 29.8 Å². The van der Waals surface area contributed by atoms with E-state index in [0.717, 1.165) is 25.1 Å². The van der Waals surface area contributed by atoms with Crippen LogP contribution in [0.5, 0.6) is 0 Å². The lowest BCUT2D eigenvalue weighted by molar-refractivity contribution is -0.137. The second kappa shape index (κ2) is 4.89. The topological polar surface area (TPSA) is 60.2 Å². The van der Waals surface area contributed by atoms with Crippen LogP contribution < -0.4 is 11.1 Å². The highest BCUT2D eigenvalue weighted by molar-refractivity contribution is 5.40. The minimum Gasteiger partial charge on any atom is -0.376 e. The average molecular weight is 287 g/mol. The molecular formula is C13H16F3N3O. The van der Waals surface area contributed by atoms with Crippen LogP contribution in [0.15, 0.2) is 18.3 Å². The molecule has 2 heterocycles. The molecule has 0 spiro atoms. The van der Waals surface area contributed by atoms with Gasteiger partial charge in [-0.25, -0.2) is 4.98 Å². The van der Waals surface area contributed by atoms with E-state index in [0.29, 0.717) is 18.3 Å². The lowest BCUT2D eigenvalue weighted by Crippen LogP contribution is -2.69. The number of fused-ring (bicyclic) bond motifs is 1. The quantitative estimate of drug-likeness (QED) is 0.873. The summed E-state index contributed by atoms with van der Waals surface area (Å²) in [5.74, 6) is 0.738. The molecule has 3 rings (SSSR count). The number of nitrogens with zero attached hydrogens (tertiary/aromatic N) is 1. The monoisotopic (exact) mass is 287 g/mol. The van der Waals surface area contributed by atoms with E-state index in [2.05, 4.69) is 10.3 Å². The molecule has 0 bridgehead atoms. The summed E-state index contributed by atoms with van der Waals surface area (Å²) in [5.41, 5.74) is 5.32. The Morgan fingerprint density at radius 1 is 1.35 bits per heavy atom. The lowest BCUT2D eigenvalue weighted by Gasteiger charge is -2.52. The summed E-state index contributed by atoms with van der Waals surface area (Å²) in [6.07, 6.45) is -1.44. The van der Waals surface area contributed by atoms with Crippen molar-refractivity contribution in [2.75, 3.05) is 11.9 Å². The maximum absolute atomic E-state index is 12.4. The first kappa shape index (κ1) is 13.6. The Morgan fingerprint density at radius 3 is 2.80 bits per heavy atom. The standard InChI is InChI=1S/C13H16F3N3O/c14-13(15,16)7-3-4-9(18-6-7)19-11-10(17)8-2-1-5-20-12(8)11/h3-4,6,8,10-12H,1-2,5,17H2,(H,18,19). The molecule has 1 aliphatic heterocycles. The summed E-state index contributed by atoms with van der Waals surface area (Å²) in [5, 5.41) is 3.08. The molecule has 2 aliphatic rings. The van der Waals surface area contributed by atoms with Gasteiger partial charge in [0.25, 0.3) is 0 Å². The second-order valence-electron chi connectivity index (χ2n) is 5.32. The number of hydrogen-bond acceptors (Lipinski definition) is 4. The summed E-state index contributed by atoms with van der Waals surface area (Å²) in [7, 11) is 0. The Bertz CT molecular complexity index is 477. The van der Waals surface area contributed by atoms with Crippen molar-refractivity contribution in [2.24, 2.45) is 11.7 Å². The summed E-state index contributed by atoms with van der Waals surface area (Å²) in [6, 6.07) is 2.22. The van der Waals surface area contributed by atoms with Gasteiger partial charge < -0.3 is 15.8 Å². The highest BCUT2D eigenvalue weighted by Crippen LogP contribution is 2.38. The van der Waals surface area contributed by atoms with Crippen molar-refractivity contribution in [1.29, 1.82) is 0 Å². The third-order valence-corrected chi connectivity index (χ3v) is 4.08. The van der Waals surface area contributed by atoms with Crippen LogP contribution in [0.4, 0.5) is 19.0 Å². The van der Waals surface area contributed by atoms with E-state index in [-0.39, 0.29) is 18.2 Å². The second-order valence-corrected chi connectivity index (χ2v) is 5.32. The van der Waals surface area contributed by atoms with Gasteiger partial charge in [0.2, 0.25) is 0 Å². The van der Waals surface area contributed by atoms with E-state index in [9.17, 15) is 13.2 Å². The molecule has 0 radical (unpaired) electrons. The van der Waals surface area contributed by atoms with E-state index in [1.54, 1.807) is 0 Å². The molecule has 4 unspecified atom stereocenters. The predicted octanol–water partition coefficient (Wildman–Crippen LogP) is 2.02. The molecule has 1 aliphatic carbocycles. The Morgan fingerprint density at radius 2 is 2.15 bits per heavy atom. The molecule has 1 saturated carbocycles. The maximum Gasteiger partial charge on any atom is 0.417 e. The fourth-order valence-corrected chi connectivity index (χ4v) is 2.94. The Hall–Kier alpha value is -1.34. The molecule has 1 saturated heterocycles. The first-order valence-corrected chi connectivity index (χ1v) is 6.64. The Kier molecular flexibility index (Phi) is 3.33. The average Bonchev–Trinajstić information content (AvgIpc) is 2.44. The van der Waals surface area contributed by atoms with Crippen molar-refractivity contribution in [2.45, 2.75) is 37.2 Å². The zero-order valence-electron chi connectivity index (χ0n) is 10.7. The van der Waals surface area contributed by atoms with Gasteiger partial charge in [-0.05, 0) is 25.0 Å². The smallest absolute Gasteiger partial charge is 0.376 e. The van der Waals surface area contributed by atoms with Gasteiger partial charge in [-0.15, -0.1) is 0 Å². The third kappa shape index (κ3) is 2.35. The highest BCUT2D eigenvalue weighted by atomic mass is 19.4. The van der Waals surface area contributed by atoms with Crippen molar-refractivity contribution in [1.82, 2.24) is 4.98 Å². The molecule has 110 valence electrons. The van der Waals surface area contributed by atoms with Gasteiger partial charge in [0.05, 0.1) is 17.7 Å². The van der Waals surface area contributed by atoms with Gasteiger partial charge in [-0.1, -0.05) is 0 Å². The molecule has 3 N–H and O–H groups in total. The number of ether oxygens (including phenoxy) is 1. The van der Waals surface area contributed by atoms with Crippen LogP contribution in [0.2, 0.25) is 0 Å². The molecule has 7 heteroatoms. The lowest BCUT2D eigenvalue weighted by atomic mass is 9.68. The summed E-state index contributed by atoms with van der Waals surface area (Å²) >= 11 is 0. The molecule has 0 amide bonds.